The van der Waals surface area contributed by atoms with E-state index in [1.807, 2.05) is 10.3 Å². The molecule has 2 N–H and O–H groups in total. The largest absolute Gasteiger partial charge is 0.463 e. The topological polar surface area (TPSA) is 107 Å². The highest BCUT2D eigenvalue weighted by Gasteiger charge is 2.40. The number of aliphatic hydroxyl groups is 1. The van der Waals surface area contributed by atoms with E-state index in [-0.39, 0.29) is 29.6 Å². The minimum Gasteiger partial charge on any atom is -0.463 e. The van der Waals surface area contributed by atoms with Crippen molar-refractivity contribution in [3.63, 3.8) is 0 Å². The van der Waals surface area contributed by atoms with Crippen molar-refractivity contribution in [3.8, 4) is 0 Å². The minimum atomic E-state index is -0.959. The monoisotopic (exact) mass is 617 g/mol. The van der Waals surface area contributed by atoms with Gasteiger partial charge in [-0.1, -0.05) is 30.2 Å². The number of hydrogen-bond donors (Lipinski definition) is 2. The molecular weight excluding hydrogens is 581 g/mol. The number of allylic oxidation sites excluding steroid dienone is 1. The lowest BCUT2D eigenvalue weighted by Gasteiger charge is -2.32. The Morgan fingerprint density at radius 2 is 2.12 bits per heavy atom. The number of fused-ring (bicyclic) bond motifs is 1. The summed E-state index contributed by atoms with van der Waals surface area (Å²) in [5, 5.41) is 16.1. The average molecular weight is 618 g/mol. The summed E-state index contributed by atoms with van der Waals surface area (Å²) in [6.45, 7) is 6.85. The molecule has 9 nitrogen and oxygen atoms in total. The lowest BCUT2D eigenvalue weighted by Crippen LogP contribution is -2.42. The van der Waals surface area contributed by atoms with Gasteiger partial charge in [0.15, 0.2) is 10.8 Å². The van der Waals surface area contributed by atoms with Gasteiger partial charge in [-0.15, -0.1) is 11.3 Å². The number of ether oxygens (including phenoxy) is 1. The molecule has 2 fully saturated rings. The number of β-amino-alcohol motifs (C(OH)–C–C–N with tert-alkyl or cyclic N) is 1. The highest BCUT2D eigenvalue weighted by Crippen LogP contribution is 2.40. The summed E-state index contributed by atoms with van der Waals surface area (Å²) in [5.41, 5.74) is 0.373. The fourth-order valence-corrected chi connectivity index (χ4v) is 6.92. The van der Waals surface area contributed by atoms with Gasteiger partial charge in [0, 0.05) is 35.9 Å². The Morgan fingerprint density at radius 3 is 2.83 bits per heavy atom. The molecule has 3 aliphatic heterocycles. The molecule has 2 saturated heterocycles. The Hall–Kier alpha value is -3.02. The second kappa shape index (κ2) is 12.7. The van der Waals surface area contributed by atoms with Gasteiger partial charge in [-0.25, -0.2) is 19.0 Å². The van der Waals surface area contributed by atoms with Gasteiger partial charge in [-0.2, -0.15) is 0 Å². The molecule has 226 valence electrons. The van der Waals surface area contributed by atoms with Gasteiger partial charge in [0.1, 0.15) is 11.9 Å². The van der Waals surface area contributed by atoms with Crippen molar-refractivity contribution >= 4 is 40.8 Å². The zero-order valence-electron chi connectivity index (χ0n) is 24.1. The van der Waals surface area contributed by atoms with E-state index in [1.165, 1.54) is 17.4 Å². The van der Waals surface area contributed by atoms with Crippen molar-refractivity contribution in [1.29, 1.82) is 0 Å². The van der Waals surface area contributed by atoms with Crippen LogP contribution in [0.25, 0.3) is 0 Å². The maximum atomic E-state index is 14.6. The Labute approximate surface area is 254 Å². The molecule has 0 bridgehead atoms. The molecule has 2 amide bonds. The first-order chi connectivity index (χ1) is 20.1. The number of halogens is 2. The highest BCUT2D eigenvalue weighted by molar-refractivity contribution is 7.11. The standard InChI is InChI=1S/C30H37ClFN5O4S/c1-4-41-28(38)23-22(15-18-7-5-8-19-16-36(17-30(2,3)40)29(39)37(19)13-11-18)34-26(27-33-12-14-42-27)35-25(23)20-9-6-10-21(32)24(20)31/h6,9-10,12,14,18-19,25,40H,4-5,7-8,11,13,15-17H2,1-3H3,(H,34,35)/t18?,19-,25+/m1/s1. The third-order valence-corrected chi connectivity index (χ3v) is 9.10. The maximum Gasteiger partial charge on any atom is 0.338 e. The van der Waals surface area contributed by atoms with E-state index in [4.69, 9.17) is 21.3 Å². The summed E-state index contributed by atoms with van der Waals surface area (Å²) in [6.07, 6.45) is 5.65. The molecule has 0 saturated carbocycles. The lowest BCUT2D eigenvalue weighted by molar-refractivity contribution is -0.139. The van der Waals surface area contributed by atoms with E-state index in [9.17, 15) is 19.1 Å². The van der Waals surface area contributed by atoms with Crippen LogP contribution in [0.15, 0.2) is 46.0 Å². The number of urea groups is 1. The van der Waals surface area contributed by atoms with Crippen LogP contribution in [-0.4, -0.2) is 75.6 Å². The fraction of sp³-hybridized carbons (Fsp3) is 0.533. The summed E-state index contributed by atoms with van der Waals surface area (Å²) in [4.78, 5) is 39.6. The number of aromatic nitrogens is 1. The number of thiazole rings is 1. The van der Waals surface area contributed by atoms with Gasteiger partial charge < -0.3 is 25.0 Å². The van der Waals surface area contributed by atoms with Crippen LogP contribution < -0.4 is 5.32 Å². The van der Waals surface area contributed by atoms with E-state index >= 15 is 0 Å². The average Bonchev–Trinajstić information content (AvgIpc) is 3.55. The van der Waals surface area contributed by atoms with Crippen LogP contribution in [0.4, 0.5) is 9.18 Å². The summed E-state index contributed by atoms with van der Waals surface area (Å²) in [6, 6.07) is 3.72. The number of esters is 1. The minimum absolute atomic E-state index is 0.0380. The number of nitrogens with zero attached hydrogens (tertiary/aromatic N) is 4. The van der Waals surface area contributed by atoms with Crippen molar-refractivity contribution in [1.82, 2.24) is 20.1 Å². The predicted molar refractivity (Wildman–Crippen MR) is 160 cm³/mol. The van der Waals surface area contributed by atoms with E-state index in [1.54, 1.807) is 44.0 Å². The first kappa shape index (κ1) is 30.4. The predicted octanol–water partition coefficient (Wildman–Crippen LogP) is 5.30. The number of hydrogen-bond acceptors (Lipinski definition) is 8. The number of amidine groups is 1. The molecule has 5 rings (SSSR count). The molecule has 0 aliphatic carbocycles. The van der Waals surface area contributed by atoms with E-state index < -0.39 is 23.4 Å². The summed E-state index contributed by atoms with van der Waals surface area (Å²) >= 11 is 7.84. The van der Waals surface area contributed by atoms with E-state index in [0.29, 0.717) is 53.7 Å². The molecule has 0 radical (unpaired) electrons. The number of amides is 2. The maximum absolute atomic E-state index is 14.6. The van der Waals surface area contributed by atoms with Crippen LogP contribution in [0.2, 0.25) is 5.02 Å². The summed E-state index contributed by atoms with van der Waals surface area (Å²) < 4.78 is 20.1. The first-order valence-electron chi connectivity index (χ1n) is 14.4. The van der Waals surface area contributed by atoms with Crippen LogP contribution in [0, 0.1) is 11.7 Å². The second-order valence-corrected chi connectivity index (χ2v) is 13.0. The van der Waals surface area contributed by atoms with Crippen LogP contribution in [-0.2, 0) is 9.53 Å². The van der Waals surface area contributed by atoms with Crippen LogP contribution in [0.3, 0.4) is 0 Å². The van der Waals surface area contributed by atoms with Crippen molar-refractivity contribution < 1.29 is 23.8 Å². The van der Waals surface area contributed by atoms with Crippen LogP contribution in [0.5, 0.6) is 0 Å². The smallest absolute Gasteiger partial charge is 0.338 e. The van der Waals surface area contributed by atoms with Gasteiger partial charge >= 0.3 is 12.0 Å². The number of carbonyl (C=O) groups excluding carboxylic acids is 2. The number of benzene rings is 1. The second-order valence-electron chi connectivity index (χ2n) is 11.7. The molecule has 3 atom stereocenters. The van der Waals surface area contributed by atoms with E-state index in [0.717, 1.165) is 25.7 Å². The quantitative estimate of drug-likeness (QED) is 0.389. The van der Waals surface area contributed by atoms with Crippen molar-refractivity contribution in [2.75, 3.05) is 26.2 Å². The normalized spacial score (nSPS) is 23.2. The Morgan fingerprint density at radius 1 is 1.31 bits per heavy atom. The van der Waals surface area contributed by atoms with Crippen LogP contribution in [0.1, 0.15) is 69.5 Å². The van der Waals surface area contributed by atoms with Gasteiger partial charge in [-0.3, -0.25) is 4.99 Å². The highest BCUT2D eigenvalue weighted by atomic mass is 35.5. The molecule has 2 aromatic rings. The third kappa shape index (κ3) is 6.63. The number of rotatable bonds is 8. The fourth-order valence-electron chi connectivity index (χ4n) is 6.11. The molecule has 4 heterocycles. The number of nitrogens with one attached hydrogen (secondary N) is 1. The number of carbonyl (C=O) groups is 2. The Balaban J connectivity index is 1.45. The van der Waals surface area contributed by atoms with Crippen molar-refractivity contribution in [2.24, 2.45) is 10.9 Å². The summed E-state index contributed by atoms with van der Waals surface area (Å²) in [7, 11) is 0. The molecule has 12 heteroatoms. The number of aliphatic imine (C=N–C) groups is 1. The lowest BCUT2D eigenvalue weighted by atomic mass is 9.86. The van der Waals surface area contributed by atoms with Gasteiger partial charge in [0.05, 0.1) is 35.4 Å². The molecule has 1 unspecified atom stereocenters. The van der Waals surface area contributed by atoms with E-state index in [2.05, 4.69) is 10.3 Å². The molecule has 3 aliphatic rings. The molecule has 0 spiro atoms. The van der Waals surface area contributed by atoms with Crippen molar-refractivity contribution in [2.45, 2.75) is 70.6 Å². The van der Waals surface area contributed by atoms with Gasteiger partial charge in [0.25, 0.3) is 0 Å². The molecular formula is C30H37ClFN5O4S. The van der Waals surface area contributed by atoms with Crippen molar-refractivity contribution in [3.05, 3.63) is 62.5 Å². The Kier molecular flexibility index (Phi) is 9.20. The zero-order chi connectivity index (χ0) is 30.0. The van der Waals surface area contributed by atoms with Gasteiger partial charge in [-0.05, 0) is 58.4 Å². The third-order valence-electron chi connectivity index (χ3n) is 7.92. The Bertz CT molecular complexity index is 1380. The molecule has 42 heavy (non-hydrogen) atoms. The summed E-state index contributed by atoms with van der Waals surface area (Å²) in [5.74, 6) is -0.475. The SMILES string of the molecule is CCOC(=O)C1=C(CC2CCC[C@@H]3CN(CC(C)(C)O)C(=O)N3CC2)NC(c2nccs2)=N[C@H]1c1cccc(F)c1Cl. The van der Waals surface area contributed by atoms with Crippen LogP contribution >= 0.6 is 22.9 Å². The first-order valence-corrected chi connectivity index (χ1v) is 15.7. The zero-order valence-corrected chi connectivity index (χ0v) is 25.7. The van der Waals surface area contributed by atoms with Gasteiger partial charge in [0.2, 0.25) is 0 Å². The molecule has 1 aromatic carbocycles. The molecule has 1 aromatic heterocycles.